The van der Waals surface area contributed by atoms with Gasteiger partial charge in [-0.3, -0.25) is 4.57 Å². The molecule has 0 atom stereocenters. The van der Waals surface area contributed by atoms with Gasteiger partial charge in [-0.1, -0.05) is 152 Å². The lowest BCUT2D eigenvalue weighted by atomic mass is 9.84. The van der Waals surface area contributed by atoms with E-state index >= 15 is 0 Å². The second-order valence-corrected chi connectivity index (χ2v) is 15.0. The molecule has 0 saturated carbocycles. The molecule has 0 radical (unpaired) electrons. The Kier molecular flexibility index (Phi) is 7.07. The summed E-state index contributed by atoms with van der Waals surface area (Å²) in [5.41, 5.74) is 11.7. The molecule has 0 aliphatic carbocycles. The Bertz CT molecular complexity index is 3190. The summed E-state index contributed by atoms with van der Waals surface area (Å²) >= 11 is 1.87. The van der Waals surface area contributed by atoms with E-state index in [4.69, 9.17) is 4.98 Å². The molecule has 11 aromatic rings. The molecule has 0 N–H and O–H groups in total. The van der Waals surface area contributed by atoms with E-state index in [9.17, 15) is 0 Å². The molecule has 0 aliphatic rings. The molecule has 11 rings (SSSR count). The second-order valence-electron chi connectivity index (χ2n) is 13.9. The number of aromatic nitrogens is 2. The molecule has 252 valence electrons. The van der Waals surface area contributed by atoms with Crippen molar-refractivity contribution in [3.63, 3.8) is 0 Å². The Hall–Kier alpha value is -6.81. The summed E-state index contributed by atoms with van der Waals surface area (Å²) in [6.45, 7) is 0. The SMILES string of the molecule is c1ccc(-c2ccc3c(-c4ccc(-c5nc6ccccc6n5-c5ccccc5)cc4)c4ccccc4c(-c4cccc5sc6ccccc6c45)c3c2)cc1. The molecule has 0 saturated heterocycles. The highest BCUT2D eigenvalue weighted by Crippen LogP contribution is 2.48. The minimum atomic E-state index is 0.933. The number of hydrogen-bond acceptors (Lipinski definition) is 2. The van der Waals surface area contributed by atoms with Gasteiger partial charge >= 0.3 is 0 Å². The summed E-state index contributed by atoms with van der Waals surface area (Å²) in [4.78, 5) is 5.15. The monoisotopic (exact) mass is 704 g/mol. The minimum absolute atomic E-state index is 0.933. The van der Waals surface area contributed by atoms with E-state index in [-0.39, 0.29) is 0 Å². The number of benzene rings is 9. The second kappa shape index (κ2) is 12.4. The van der Waals surface area contributed by atoms with E-state index in [1.165, 1.54) is 75.1 Å². The Balaban J connectivity index is 1.18. The van der Waals surface area contributed by atoms with Gasteiger partial charge in [0.05, 0.1) is 11.0 Å². The van der Waals surface area contributed by atoms with E-state index < -0.39 is 0 Å². The van der Waals surface area contributed by atoms with Gasteiger partial charge < -0.3 is 0 Å². The lowest BCUT2D eigenvalue weighted by Crippen LogP contribution is -1.97. The predicted octanol–water partition coefficient (Wildman–Crippen LogP) is 14.4. The van der Waals surface area contributed by atoms with E-state index in [1.807, 2.05) is 11.3 Å². The third kappa shape index (κ3) is 4.83. The third-order valence-electron chi connectivity index (χ3n) is 10.8. The molecule has 54 heavy (non-hydrogen) atoms. The molecule has 0 amide bonds. The van der Waals surface area contributed by atoms with Gasteiger partial charge in [0, 0.05) is 31.4 Å². The van der Waals surface area contributed by atoms with Gasteiger partial charge in [-0.25, -0.2) is 4.98 Å². The summed E-state index contributed by atoms with van der Waals surface area (Å²) in [6, 6.07) is 70.4. The number of thiophene rings is 1. The van der Waals surface area contributed by atoms with Gasteiger partial charge in [-0.2, -0.15) is 0 Å². The van der Waals surface area contributed by atoms with Crippen LogP contribution in [0.5, 0.6) is 0 Å². The molecule has 0 unspecified atom stereocenters. The standard InChI is InChI=1S/C51H32N2S/c1-3-14-33(15-4-1)36-30-31-40-43(32-36)49(42-21-13-25-47-50(42)41-20-9-12-24-46(41)54-47)39-19-8-7-18-38(39)48(40)34-26-28-35(29-27-34)51-52-44-22-10-11-23-45(44)53(51)37-16-5-2-6-17-37/h1-32H. The van der Waals surface area contributed by atoms with Crippen molar-refractivity contribution < 1.29 is 0 Å². The van der Waals surface area contributed by atoms with Crippen LogP contribution in [0.4, 0.5) is 0 Å². The van der Waals surface area contributed by atoms with E-state index in [1.54, 1.807) is 0 Å². The number of rotatable bonds is 5. The number of para-hydroxylation sites is 3. The maximum absolute atomic E-state index is 5.15. The van der Waals surface area contributed by atoms with Gasteiger partial charge in [0.15, 0.2) is 0 Å². The van der Waals surface area contributed by atoms with E-state index in [2.05, 4.69) is 199 Å². The van der Waals surface area contributed by atoms with E-state index in [0.29, 0.717) is 0 Å². The molecule has 9 aromatic carbocycles. The van der Waals surface area contributed by atoms with Crippen molar-refractivity contribution in [3.05, 3.63) is 194 Å². The van der Waals surface area contributed by atoms with Gasteiger partial charge in [0.2, 0.25) is 0 Å². The quantitative estimate of drug-likeness (QED) is 0.163. The van der Waals surface area contributed by atoms with Gasteiger partial charge in [-0.05, 0) is 97.4 Å². The average molecular weight is 705 g/mol. The fourth-order valence-electron chi connectivity index (χ4n) is 8.42. The normalized spacial score (nSPS) is 11.7. The number of imidazole rings is 1. The van der Waals surface area contributed by atoms with Crippen LogP contribution in [-0.2, 0) is 0 Å². The molecule has 2 nitrogen and oxygen atoms in total. The fourth-order valence-corrected chi connectivity index (χ4v) is 9.55. The van der Waals surface area contributed by atoms with Crippen molar-refractivity contribution in [2.45, 2.75) is 0 Å². The smallest absolute Gasteiger partial charge is 0.145 e. The zero-order valence-corrected chi connectivity index (χ0v) is 30.1. The minimum Gasteiger partial charge on any atom is -0.292 e. The first-order chi connectivity index (χ1) is 26.8. The Morgan fingerprint density at radius 1 is 0.389 bits per heavy atom. The van der Waals surface area contributed by atoms with Crippen molar-refractivity contribution in [1.82, 2.24) is 9.55 Å². The summed E-state index contributed by atoms with van der Waals surface area (Å²) in [6.07, 6.45) is 0. The van der Waals surface area contributed by atoms with Gasteiger partial charge in [0.1, 0.15) is 5.82 Å². The molecule has 0 aliphatic heterocycles. The van der Waals surface area contributed by atoms with Gasteiger partial charge in [-0.15, -0.1) is 11.3 Å². The Morgan fingerprint density at radius 3 is 1.81 bits per heavy atom. The van der Waals surface area contributed by atoms with Crippen LogP contribution in [0.15, 0.2) is 194 Å². The van der Waals surface area contributed by atoms with Crippen molar-refractivity contribution in [2.75, 3.05) is 0 Å². The largest absolute Gasteiger partial charge is 0.292 e. The molecule has 0 spiro atoms. The maximum atomic E-state index is 5.15. The van der Waals surface area contributed by atoms with Crippen molar-refractivity contribution in [1.29, 1.82) is 0 Å². The summed E-state index contributed by atoms with van der Waals surface area (Å²) in [5.74, 6) is 0.933. The van der Waals surface area contributed by atoms with Crippen LogP contribution in [-0.4, -0.2) is 9.55 Å². The van der Waals surface area contributed by atoms with Crippen LogP contribution in [0.1, 0.15) is 0 Å². The van der Waals surface area contributed by atoms with Crippen molar-refractivity contribution in [2.24, 2.45) is 0 Å². The molecule has 0 fully saturated rings. The summed E-state index contributed by atoms with van der Waals surface area (Å²) in [7, 11) is 0. The summed E-state index contributed by atoms with van der Waals surface area (Å²) in [5, 5.41) is 7.63. The van der Waals surface area contributed by atoms with Crippen LogP contribution in [0, 0.1) is 0 Å². The first kappa shape index (κ1) is 30.8. The lowest BCUT2D eigenvalue weighted by molar-refractivity contribution is 1.10. The molecule has 0 bridgehead atoms. The van der Waals surface area contributed by atoms with Crippen molar-refractivity contribution in [3.8, 4) is 50.5 Å². The lowest BCUT2D eigenvalue weighted by Gasteiger charge is -2.19. The van der Waals surface area contributed by atoms with Gasteiger partial charge in [0.25, 0.3) is 0 Å². The molecule has 2 aromatic heterocycles. The van der Waals surface area contributed by atoms with Crippen LogP contribution < -0.4 is 0 Å². The van der Waals surface area contributed by atoms with Crippen LogP contribution >= 0.6 is 11.3 Å². The van der Waals surface area contributed by atoms with Crippen LogP contribution in [0.3, 0.4) is 0 Å². The fraction of sp³-hybridized carbons (Fsp3) is 0. The first-order valence-electron chi connectivity index (χ1n) is 18.4. The number of hydrogen-bond donors (Lipinski definition) is 0. The van der Waals surface area contributed by atoms with Crippen molar-refractivity contribution >= 4 is 64.1 Å². The Labute approximate surface area is 316 Å². The highest BCUT2D eigenvalue weighted by Gasteiger charge is 2.21. The molecular weight excluding hydrogens is 673 g/mol. The zero-order chi connectivity index (χ0) is 35.6. The summed E-state index contributed by atoms with van der Waals surface area (Å²) < 4.78 is 4.89. The highest BCUT2D eigenvalue weighted by atomic mass is 32.1. The third-order valence-corrected chi connectivity index (χ3v) is 11.9. The molecule has 2 heterocycles. The van der Waals surface area contributed by atoms with Crippen LogP contribution in [0.25, 0.3) is 103 Å². The zero-order valence-electron chi connectivity index (χ0n) is 29.3. The Morgan fingerprint density at radius 2 is 1.00 bits per heavy atom. The number of nitrogens with zero attached hydrogens (tertiary/aromatic N) is 2. The first-order valence-corrected chi connectivity index (χ1v) is 19.2. The predicted molar refractivity (Wildman–Crippen MR) is 231 cm³/mol. The molecule has 3 heteroatoms. The average Bonchev–Trinajstić information content (AvgIpc) is 3.83. The van der Waals surface area contributed by atoms with E-state index in [0.717, 1.165) is 28.1 Å². The topological polar surface area (TPSA) is 17.8 Å². The molecular formula is C51H32N2S. The highest BCUT2D eigenvalue weighted by molar-refractivity contribution is 7.25. The maximum Gasteiger partial charge on any atom is 0.145 e. The number of fused-ring (bicyclic) bond motifs is 6. The van der Waals surface area contributed by atoms with Crippen LogP contribution in [0.2, 0.25) is 0 Å².